The second kappa shape index (κ2) is 8.82. The molecule has 0 saturated carbocycles. The van der Waals surface area contributed by atoms with Crippen LogP contribution in [-0.4, -0.2) is 56.5 Å². The van der Waals surface area contributed by atoms with Gasteiger partial charge < -0.3 is 15.3 Å². The monoisotopic (exact) mass is 438 g/mol. The summed E-state index contributed by atoms with van der Waals surface area (Å²) in [6.45, 7) is 2.62. The van der Waals surface area contributed by atoms with Crippen molar-refractivity contribution in [1.29, 1.82) is 5.26 Å². The Labute approximate surface area is 190 Å². The summed E-state index contributed by atoms with van der Waals surface area (Å²) in [5, 5.41) is 22.3. The van der Waals surface area contributed by atoms with Crippen molar-refractivity contribution in [3.05, 3.63) is 77.7 Å². The van der Waals surface area contributed by atoms with E-state index in [2.05, 4.69) is 21.4 Å². The van der Waals surface area contributed by atoms with E-state index in [0.717, 1.165) is 29.9 Å². The maximum Gasteiger partial charge on any atom is 0.254 e. The summed E-state index contributed by atoms with van der Waals surface area (Å²) < 4.78 is 1.95. The molecule has 0 spiro atoms. The lowest BCUT2D eigenvalue weighted by atomic mass is 10.0. The van der Waals surface area contributed by atoms with Crippen molar-refractivity contribution < 1.29 is 9.90 Å². The Balaban J connectivity index is 1.51. The van der Waals surface area contributed by atoms with Gasteiger partial charge in [-0.15, -0.1) is 0 Å². The van der Waals surface area contributed by atoms with Gasteiger partial charge in [0.2, 0.25) is 0 Å². The van der Waals surface area contributed by atoms with Crippen LogP contribution in [0.1, 0.15) is 21.5 Å². The number of aromatic nitrogens is 3. The molecule has 0 unspecified atom stereocenters. The molecule has 2 aromatic carbocycles. The van der Waals surface area contributed by atoms with E-state index in [1.165, 1.54) is 0 Å². The molecule has 2 N–H and O–H groups in total. The first kappa shape index (κ1) is 20.8. The second-order valence-electron chi connectivity index (χ2n) is 7.91. The Morgan fingerprint density at radius 3 is 2.55 bits per heavy atom. The normalized spacial score (nSPS) is 13.8. The van der Waals surface area contributed by atoms with E-state index in [1.54, 1.807) is 30.6 Å². The Morgan fingerprint density at radius 2 is 1.82 bits per heavy atom. The molecule has 33 heavy (non-hydrogen) atoms. The highest BCUT2D eigenvalue weighted by molar-refractivity contribution is 5.96. The number of benzene rings is 2. The molecule has 164 valence electrons. The van der Waals surface area contributed by atoms with Crippen molar-refractivity contribution in [2.45, 2.75) is 6.61 Å². The lowest BCUT2D eigenvalue weighted by Crippen LogP contribution is -2.46. The number of carbonyl (C=O) groups is 1. The molecular weight excluding hydrogens is 416 g/mol. The smallest absolute Gasteiger partial charge is 0.254 e. The summed E-state index contributed by atoms with van der Waals surface area (Å²) >= 11 is 0. The van der Waals surface area contributed by atoms with Crippen molar-refractivity contribution in [1.82, 2.24) is 24.6 Å². The quantitative estimate of drug-likeness (QED) is 0.507. The van der Waals surface area contributed by atoms with Crippen LogP contribution in [0, 0.1) is 11.3 Å². The van der Waals surface area contributed by atoms with Crippen molar-refractivity contribution in [3.63, 3.8) is 0 Å². The van der Waals surface area contributed by atoms with Gasteiger partial charge in [-0.3, -0.25) is 14.2 Å². The summed E-state index contributed by atoms with van der Waals surface area (Å²) in [7, 11) is 0. The van der Waals surface area contributed by atoms with Gasteiger partial charge >= 0.3 is 0 Å². The summed E-state index contributed by atoms with van der Waals surface area (Å²) in [5.41, 5.74) is 5.72. The minimum Gasteiger partial charge on any atom is -0.392 e. The molecule has 1 saturated heterocycles. The van der Waals surface area contributed by atoms with Gasteiger partial charge in [-0.2, -0.15) is 5.26 Å². The maximum atomic E-state index is 13.0. The number of nitriles is 1. The zero-order valence-electron chi connectivity index (χ0n) is 17.9. The topological polar surface area (TPSA) is 107 Å². The number of hydrogen-bond donors (Lipinski definition) is 2. The fraction of sp³-hybridized carbons (Fsp3) is 0.200. The molecule has 8 heteroatoms. The summed E-state index contributed by atoms with van der Waals surface area (Å²) in [5.74, 6) is -0.0618. The van der Waals surface area contributed by atoms with Crippen LogP contribution >= 0.6 is 0 Å². The third-order valence-corrected chi connectivity index (χ3v) is 5.91. The number of carbonyl (C=O) groups excluding carboxylic acids is 1. The largest absolute Gasteiger partial charge is 0.392 e. The number of piperazine rings is 1. The molecule has 1 amide bonds. The molecular formula is C25H22N6O2. The zero-order valence-corrected chi connectivity index (χ0v) is 17.9. The van der Waals surface area contributed by atoms with Gasteiger partial charge in [-0.25, -0.2) is 4.98 Å². The van der Waals surface area contributed by atoms with Crippen molar-refractivity contribution in [3.8, 4) is 28.6 Å². The van der Waals surface area contributed by atoms with Crippen LogP contribution in [0.25, 0.3) is 28.2 Å². The van der Waals surface area contributed by atoms with E-state index >= 15 is 0 Å². The van der Waals surface area contributed by atoms with Gasteiger partial charge in [-0.1, -0.05) is 18.2 Å². The number of imidazole rings is 1. The van der Waals surface area contributed by atoms with Crippen LogP contribution in [0.2, 0.25) is 0 Å². The van der Waals surface area contributed by atoms with E-state index in [9.17, 15) is 9.90 Å². The standard InChI is InChI=1S/C25H22N6O2/c26-12-17-1-3-18(4-2-17)23-13-29-24-14-28-22(15-31(23)24)19-5-6-21(20(11-19)16-32)25(33)30-9-7-27-8-10-30/h1-6,11,13-15,27,32H,7-10,16H2. The predicted octanol–water partition coefficient (Wildman–Crippen LogP) is 2.47. The van der Waals surface area contributed by atoms with Crippen LogP contribution in [0.3, 0.4) is 0 Å². The van der Waals surface area contributed by atoms with Gasteiger partial charge in [0.25, 0.3) is 5.91 Å². The van der Waals surface area contributed by atoms with E-state index in [4.69, 9.17) is 5.26 Å². The first-order chi connectivity index (χ1) is 16.2. The first-order valence-electron chi connectivity index (χ1n) is 10.8. The number of fused-ring (bicyclic) bond motifs is 1. The number of nitrogens with zero attached hydrogens (tertiary/aromatic N) is 5. The molecule has 1 fully saturated rings. The fourth-order valence-corrected chi connectivity index (χ4v) is 4.10. The predicted molar refractivity (Wildman–Crippen MR) is 123 cm³/mol. The van der Waals surface area contributed by atoms with Gasteiger partial charge in [0.05, 0.1) is 42.0 Å². The van der Waals surface area contributed by atoms with Crippen LogP contribution in [0.15, 0.2) is 61.1 Å². The Morgan fingerprint density at radius 1 is 1.06 bits per heavy atom. The van der Waals surface area contributed by atoms with Crippen molar-refractivity contribution in [2.24, 2.45) is 0 Å². The number of rotatable bonds is 4. The number of aliphatic hydroxyl groups is 1. The van der Waals surface area contributed by atoms with E-state index < -0.39 is 0 Å². The van der Waals surface area contributed by atoms with Crippen LogP contribution in [-0.2, 0) is 6.61 Å². The van der Waals surface area contributed by atoms with Crippen LogP contribution < -0.4 is 5.32 Å². The summed E-state index contributed by atoms with van der Waals surface area (Å²) in [6.07, 6.45) is 5.36. The molecule has 8 nitrogen and oxygen atoms in total. The van der Waals surface area contributed by atoms with Gasteiger partial charge in [0, 0.05) is 49.1 Å². The molecule has 5 rings (SSSR count). The molecule has 0 radical (unpaired) electrons. The zero-order chi connectivity index (χ0) is 22.8. The molecule has 3 heterocycles. The molecule has 0 bridgehead atoms. The highest BCUT2D eigenvalue weighted by Crippen LogP contribution is 2.26. The highest BCUT2D eigenvalue weighted by atomic mass is 16.3. The average molecular weight is 438 g/mol. The minimum atomic E-state index is -0.231. The Kier molecular flexibility index (Phi) is 5.57. The number of amides is 1. The lowest BCUT2D eigenvalue weighted by Gasteiger charge is -2.28. The lowest BCUT2D eigenvalue weighted by molar-refractivity contribution is 0.0732. The average Bonchev–Trinajstić information content (AvgIpc) is 3.31. The van der Waals surface area contributed by atoms with Crippen molar-refractivity contribution in [2.75, 3.05) is 26.2 Å². The molecule has 1 aliphatic heterocycles. The minimum absolute atomic E-state index is 0.0618. The third kappa shape index (κ3) is 3.96. The molecule has 0 aliphatic carbocycles. The Hall–Kier alpha value is -4.06. The second-order valence-corrected chi connectivity index (χ2v) is 7.91. The summed E-state index contributed by atoms with van der Waals surface area (Å²) in [6, 6.07) is 14.9. The molecule has 0 atom stereocenters. The van der Waals surface area contributed by atoms with E-state index in [0.29, 0.717) is 41.1 Å². The van der Waals surface area contributed by atoms with Crippen LogP contribution in [0.5, 0.6) is 0 Å². The number of hydrogen-bond acceptors (Lipinski definition) is 6. The van der Waals surface area contributed by atoms with Gasteiger partial charge in [0.15, 0.2) is 5.65 Å². The fourth-order valence-electron chi connectivity index (χ4n) is 4.10. The third-order valence-electron chi connectivity index (χ3n) is 5.91. The van der Waals surface area contributed by atoms with E-state index in [-0.39, 0.29) is 12.5 Å². The maximum absolute atomic E-state index is 13.0. The van der Waals surface area contributed by atoms with Crippen molar-refractivity contribution >= 4 is 11.6 Å². The molecule has 4 aromatic rings. The molecule has 2 aromatic heterocycles. The first-order valence-corrected chi connectivity index (χ1v) is 10.8. The highest BCUT2D eigenvalue weighted by Gasteiger charge is 2.21. The number of nitrogens with one attached hydrogen (secondary N) is 1. The summed E-state index contributed by atoms with van der Waals surface area (Å²) in [4.78, 5) is 23.7. The SMILES string of the molecule is N#Cc1ccc(-c2cnc3cnc(-c4ccc(C(=O)N5CCNCC5)c(CO)c4)cn23)cc1. The van der Waals surface area contributed by atoms with E-state index in [1.807, 2.05) is 39.8 Å². The Bertz CT molecular complexity index is 1360. The van der Waals surface area contributed by atoms with Gasteiger partial charge in [-0.05, 0) is 29.8 Å². The molecule has 1 aliphatic rings. The number of aliphatic hydroxyl groups excluding tert-OH is 1. The van der Waals surface area contributed by atoms with Crippen LogP contribution in [0.4, 0.5) is 0 Å². The van der Waals surface area contributed by atoms with Gasteiger partial charge in [0.1, 0.15) is 0 Å².